The maximum atomic E-state index is 6.54. The van der Waals surface area contributed by atoms with Gasteiger partial charge in [0.25, 0.3) is 0 Å². The van der Waals surface area contributed by atoms with Gasteiger partial charge in [0.05, 0.1) is 5.69 Å². The van der Waals surface area contributed by atoms with Crippen molar-refractivity contribution in [2.24, 2.45) is 0 Å². The van der Waals surface area contributed by atoms with Gasteiger partial charge in [-0.25, -0.2) is 0 Å². The van der Waals surface area contributed by atoms with E-state index in [2.05, 4.69) is 181 Å². The molecule has 0 amide bonds. The minimum Gasteiger partial charge on any atom is -0.454 e. The minimum absolute atomic E-state index is 0.874. The third-order valence-electron chi connectivity index (χ3n) is 9.91. The number of fused-ring (bicyclic) bond motifs is 6. The van der Waals surface area contributed by atoms with Crippen molar-refractivity contribution in [2.45, 2.75) is 0 Å². The lowest BCUT2D eigenvalue weighted by Gasteiger charge is -2.26. The Morgan fingerprint density at radius 2 is 0.863 bits per heavy atom. The van der Waals surface area contributed by atoms with Gasteiger partial charge in [0.2, 0.25) is 0 Å². The molecule has 0 fully saturated rings. The summed E-state index contributed by atoms with van der Waals surface area (Å²) in [4.78, 5) is 2.30. The summed E-state index contributed by atoms with van der Waals surface area (Å²) in [6.45, 7) is 0. The molecule has 0 spiro atoms. The third-order valence-corrected chi connectivity index (χ3v) is 11.1. The molecule has 51 heavy (non-hydrogen) atoms. The van der Waals surface area contributed by atoms with E-state index >= 15 is 0 Å². The van der Waals surface area contributed by atoms with Crippen LogP contribution in [0.25, 0.3) is 75.5 Å². The largest absolute Gasteiger partial charge is 0.454 e. The second-order valence-corrected chi connectivity index (χ2v) is 14.0. The number of benzene rings is 8. The van der Waals surface area contributed by atoms with Crippen molar-refractivity contribution in [3.63, 3.8) is 0 Å². The van der Waals surface area contributed by atoms with E-state index in [1.54, 1.807) is 0 Å². The Bertz CT molecular complexity index is 2830. The van der Waals surface area contributed by atoms with Gasteiger partial charge in [0, 0.05) is 42.3 Å². The number of anilines is 3. The number of hydrogen-bond acceptors (Lipinski definition) is 3. The molecule has 0 radical (unpaired) electrons. The molecule has 0 aliphatic heterocycles. The van der Waals surface area contributed by atoms with Crippen molar-refractivity contribution in [1.82, 2.24) is 0 Å². The SMILES string of the molecule is c1ccc(-c2ccc(N(c3ccc(-c4ccc(-c5ccc6sc7ccccc7c6c5)cc4)cc3)c3cccc4c3oc3ccccc34)cc2)cc1. The third kappa shape index (κ3) is 5.18. The molecular formula is C48H31NOS. The number of para-hydroxylation sites is 2. The van der Waals surface area contributed by atoms with Crippen molar-refractivity contribution in [3.8, 4) is 33.4 Å². The summed E-state index contributed by atoms with van der Waals surface area (Å²) in [6, 6.07) is 67.3. The molecule has 2 nitrogen and oxygen atoms in total. The zero-order valence-corrected chi connectivity index (χ0v) is 28.5. The van der Waals surface area contributed by atoms with Gasteiger partial charge >= 0.3 is 0 Å². The number of furan rings is 1. The maximum Gasteiger partial charge on any atom is 0.159 e. The molecule has 0 aliphatic rings. The Morgan fingerprint density at radius 3 is 1.57 bits per heavy atom. The first-order valence-corrected chi connectivity index (χ1v) is 18.1. The van der Waals surface area contributed by atoms with Crippen LogP contribution in [0.1, 0.15) is 0 Å². The summed E-state index contributed by atoms with van der Waals surface area (Å²) in [5.74, 6) is 0. The Kier molecular flexibility index (Phi) is 7.04. The predicted molar refractivity (Wildman–Crippen MR) is 218 cm³/mol. The molecule has 0 bridgehead atoms. The summed E-state index contributed by atoms with van der Waals surface area (Å²) in [5.41, 5.74) is 12.1. The highest BCUT2D eigenvalue weighted by Crippen LogP contribution is 2.43. The average molecular weight is 670 g/mol. The van der Waals surface area contributed by atoms with Gasteiger partial charge in [-0.3, -0.25) is 0 Å². The molecule has 0 N–H and O–H groups in total. The van der Waals surface area contributed by atoms with Crippen LogP contribution < -0.4 is 4.90 Å². The zero-order valence-electron chi connectivity index (χ0n) is 27.7. The molecule has 0 atom stereocenters. The van der Waals surface area contributed by atoms with E-state index in [-0.39, 0.29) is 0 Å². The predicted octanol–water partition coefficient (Wildman–Crippen LogP) is 14.4. The highest BCUT2D eigenvalue weighted by Gasteiger charge is 2.19. The van der Waals surface area contributed by atoms with Crippen LogP contribution in [-0.2, 0) is 0 Å². The number of rotatable bonds is 6. The van der Waals surface area contributed by atoms with Gasteiger partial charge in [0.15, 0.2) is 5.58 Å². The lowest BCUT2D eigenvalue weighted by Crippen LogP contribution is -2.10. The first kappa shape index (κ1) is 29.5. The van der Waals surface area contributed by atoms with Gasteiger partial charge in [-0.2, -0.15) is 0 Å². The summed E-state index contributed by atoms with van der Waals surface area (Å²) in [6.07, 6.45) is 0. The van der Waals surface area contributed by atoms with E-state index in [9.17, 15) is 0 Å². The fraction of sp³-hybridized carbons (Fsp3) is 0. The van der Waals surface area contributed by atoms with Crippen LogP contribution in [0.15, 0.2) is 192 Å². The van der Waals surface area contributed by atoms with E-state index in [0.717, 1.165) is 39.0 Å². The Morgan fingerprint density at radius 1 is 0.353 bits per heavy atom. The van der Waals surface area contributed by atoms with E-state index in [4.69, 9.17) is 4.42 Å². The Hall–Kier alpha value is -6.42. The molecule has 0 aliphatic carbocycles. The van der Waals surface area contributed by atoms with Crippen molar-refractivity contribution in [2.75, 3.05) is 4.90 Å². The van der Waals surface area contributed by atoms with E-state index < -0.39 is 0 Å². The fourth-order valence-electron chi connectivity index (χ4n) is 7.33. The standard InChI is InChI=1S/C48H31NOS/c1-2-9-32(10-3-1)34-21-26-38(27-22-34)49(44-14-8-13-42-40-11-4-6-15-45(40)50-48(42)44)39-28-23-35(24-29-39)33-17-19-36(20-18-33)37-25-30-47-43(31-37)41-12-5-7-16-46(41)51-47/h1-31H. The monoisotopic (exact) mass is 669 g/mol. The molecule has 0 saturated carbocycles. The second kappa shape index (κ2) is 12.2. The van der Waals surface area contributed by atoms with Crippen LogP contribution in [0, 0.1) is 0 Å². The lowest BCUT2D eigenvalue weighted by molar-refractivity contribution is 0.669. The van der Waals surface area contributed by atoms with Gasteiger partial charge in [-0.1, -0.05) is 133 Å². The summed E-state index contributed by atoms with van der Waals surface area (Å²) in [7, 11) is 0. The maximum absolute atomic E-state index is 6.54. The Labute approximate surface area is 300 Å². The second-order valence-electron chi connectivity index (χ2n) is 12.9. The highest BCUT2D eigenvalue weighted by molar-refractivity contribution is 7.25. The quantitative estimate of drug-likeness (QED) is 0.175. The van der Waals surface area contributed by atoms with Crippen LogP contribution in [0.5, 0.6) is 0 Å². The van der Waals surface area contributed by atoms with Gasteiger partial charge in [-0.15, -0.1) is 11.3 Å². The Balaban J connectivity index is 1.02. The summed E-state index contributed by atoms with van der Waals surface area (Å²) >= 11 is 1.86. The number of thiophene rings is 1. The smallest absolute Gasteiger partial charge is 0.159 e. The summed E-state index contributed by atoms with van der Waals surface area (Å²) in [5, 5.41) is 4.88. The molecule has 8 aromatic carbocycles. The lowest BCUT2D eigenvalue weighted by atomic mass is 9.99. The van der Waals surface area contributed by atoms with Crippen LogP contribution in [-0.4, -0.2) is 0 Å². The molecule has 240 valence electrons. The molecule has 2 aromatic heterocycles. The molecule has 10 aromatic rings. The van der Waals surface area contributed by atoms with Crippen LogP contribution >= 0.6 is 11.3 Å². The zero-order chi connectivity index (χ0) is 33.7. The normalized spacial score (nSPS) is 11.5. The fourth-order valence-corrected chi connectivity index (χ4v) is 8.42. The average Bonchev–Trinajstić information content (AvgIpc) is 3.78. The molecule has 2 heterocycles. The van der Waals surface area contributed by atoms with Crippen molar-refractivity contribution in [1.29, 1.82) is 0 Å². The first-order valence-electron chi connectivity index (χ1n) is 17.2. The van der Waals surface area contributed by atoms with Gasteiger partial charge < -0.3 is 9.32 Å². The number of nitrogens with zero attached hydrogens (tertiary/aromatic N) is 1. The number of hydrogen-bond donors (Lipinski definition) is 0. The molecule has 10 rings (SSSR count). The van der Waals surface area contributed by atoms with Crippen molar-refractivity contribution < 1.29 is 4.42 Å². The first-order chi connectivity index (χ1) is 25.3. The summed E-state index contributed by atoms with van der Waals surface area (Å²) < 4.78 is 9.20. The highest BCUT2D eigenvalue weighted by atomic mass is 32.1. The molecule has 3 heteroatoms. The van der Waals surface area contributed by atoms with Gasteiger partial charge in [0.1, 0.15) is 5.58 Å². The van der Waals surface area contributed by atoms with Crippen LogP contribution in [0.4, 0.5) is 17.1 Å². The molecule has 0 unspecified atom stereocenters. The van der Waals surface area contributed by atoms with Crippen LogP contribution in [0.3, 0.4) is 0 Å². The van der Waals surface area contributed by atoms with Crippen molar-refractivity contribution >= 4 is 70.5 Å². The van der Waals surface area contributed by atoms with Crippen molar-refractivity contribution in [3.05, 3.63) is 188 Å². The van der Waals surface area contributed by atoms with E-state index in [1.807, 2.05) is 23.5 Å². The van der Waals surface area contributed by atoms with E-state index in [1.165, 1.54) is 53.6 Å². The van der Waals surface area contributed by atoms with Crippen LogP contribution in [0.2, 0.25) is 0 Å². The topological polar surface area (TPSA) is 16.4 Å². The van der Waals surface area contributed by atoms with E-state index in [0.29, 0.717) is 0 Å². The minimum atomic E-state index is 0.874. The molecular weight excluding hydrogens is 639 g/mol. The molecule has 0 saturated heterocycles. The van der Waals surface area contributed by atoms with Gasteiger partial charge in [-0.05, 0) is 88.0 Å².